The first-order valence-corrected chi connectivity index (χ1v) is 9.38. The number of nitrogens with zero attached hydrogens (tertiary/aromatic N) is 4. The molecule has 0 aliphatic rings. The van der Waals surface area contributed by atoms with Crippen LogP contribution in [-0.2, 0) is 17.9 Å². The number of carbonyl (C=O) groups excluding carboxylic acids is 1. The van der Waals surface area contributed by atoms with Crippen LogP contribution in [0, 0.1) is 5.82 Å². The highest BCUT2D eigenvalue weighted by molar-refractivity contribution is 5.77. The van der Waals surface area contributed by atoms with Crippen LogP contribution in [0.5, 0.6) is 0 Å². The molecule has 0 bridgehead atoms. The Balaban J connectivity index is 1.36. The normalized spacial score (nSPS) is 10.8. The number of carbonyl (C=O) groups is 1. The van der Waals surface area contributed by atoms with Gasteiger partial charge >= 0.3 is 0 Å². The fraction of sp³-hybridized carbons (Fsp3) is 0.136. The summed E-state index contributed by atoms with van der Waals surface area (Å²) in [6.45, 7) is 0.452. The van der Waals surface area contributed by atoms with Gasteiger partial charge in [-0.05, 0) is 42.5 Å². The van der Waals surface area contributed by atoms with Crippen LogP contribution in [0.4, 0.5) is 4.39 Å². The molecule has 0 fully saturated rings. The molecule has 0 saturated heterocycles. The fourth-order valence-corrected chi connectivity index (χ4v) is 3.04. The first-order chi connectivity index (χ1) is 14.6. The number of nitrogens with one attached hydrogen (secondary N) is 1. The van der Waals surface area contributed by atoms with Crippen LogP contribution in [0.3, 0.4) is 0 Å². The third kappa shape index (κ3) is 4.38. The van der Waals surface area contributed by atoms with E-state index in [-0.39, 0.29) is 36.8 Å². The lowest BCUT2D eigenvalue weighted by Crippen LogP contribution is -2.27. The molecule has 8 heteroatoms. The van der Waals surface area contributed by atoms with Gasteiger partial charge in [-0.1, -0.05) is 12.1 Å². The predicted octanol–water partition coefficient (Wildman–Crippen LogP) is 2.70. The minimum atomic E-state index is -0.319. The van der Waals surface area contributed by atoms with Gasteiger partial charge in [-0.25, -0.2) is 19.3 Å². The summed E-state index contributed by atoms with van der Waals surface area (Å²) in [6, 6.07) is 14.8. The van der Waals surface area contributed by atoms with Crippen molar-refractivity contribution in [3.05, 3.63) is 89.1 Å². The van der Waals surface area contributed by atoms with E-state index >= 15 is 0 Å². The standard InChI is InChI=1S/C22H18FN5O2/c23-16-7-5-15(6-8-16)20-11-17(25-13-26-20)12-24-21(29)9-10-28-14-27-19-4-2-1-3-18(19)22(28)30/h1-8,11,13-14H,9-10,12H2,(H,24,29). The topological polar surface area (TPSA) is 89.8 Å². The van der Waals surface area contributed by atoms with Crippen LogP contribution in [0.1, 0.15) is 12.1 Å². The van der Waals surface area contributed by atoms with E-state index in [9.17, 15) is 14.0 Å². The summed E-state index contributed by atoms with van der Waals surface area (Å²) in [5.74, 6) is -0.530. The van der Waals surface area contributed by atoms with E-state index in [0.29, 0.717) is 22.3 Å². The molecule has 4 rings (SSSR count). The largest absolute Gasteiger partial charge is 0.350 e. The first kappa shape index (κ1) is 19.4. The minimum Gasteiger partial charge on any atom is -0.350 e. The number of hydrogen-bond donors (Lipinski definition) is 1. The molecule has 4 aromatic rings. The summed E-state index contributed by atoms with van der Waals surface area (Å²) < 4.78 is 14.5. The number of aryl methyl sites for hydroxylation is 1. The third-order valence-corrected chi connectivity index (χ3v) is 4.64. The summed E-state index contributed by atoms with van der Waals surface area (Å²) in [5, 5.41) is 3.31. The average molecular weight is 403 g/mol. The Morgan fingerprint density at radius 3 is 2.67 bits per heavy atom. The number of benzene rings is 2. The van der Waals surface area contributed by atoms with Crippen LogP contribution < -0.4 is 10.9 Å². The Kier molecular flexibility index (Phi) is 5.56. The molecule has 30 heavy (non-hydrogen) atoms. The Bertz CT molecular complexity index is 1250. The van der Waals surface area contributed by atoms with Gasteiger partial charge in [0.25, 0.3) is 5.56 Å². The second-order valence-corrected chi connectivity index (χ2v) is 6.69. The maximum atomic E-state index is 13.1. The molecule has 0 radical (unpaired) electrons. The van der Waals surface area contributed by atoms with Crippen molar-refractivity contribution in [3.8, 4) is 11.3 Å². The van der Waals surface area contributed by atoms with Crippen molar-refractivity contribution in [2.24, 2.45) is 0 Å². The number of aromatic nitrogens is 4. The highest BCUT2D eigenvalue weighted by Crippen LogP contribution is 2.17. The molecule has 0 aliphatic carbocycles. The molecule has 0 aliphatic heterocycles. The highest BCUT2D eigenvalue weighted by Gasteiger charge is 2.08. The summed E-state index contributed by atoms with van der Waals surface area (Å²) in [4.78, 5) is 37.3. The lowest BCUT2D eigenvalue weighted by atomic mass is 10.1. The minimum absolute atomic E-state index is 0.135. The van der Waals surface area contributed by atoms with Crippen LogP contribution in [0.2, 0.25) is 0 Å². The lowest BCUT2D eigenvalue weighted by molar-refractivity contribution is -0.121. The predicted molar refractivity (Wildman–Crippen MR) is 110 cm³/mol. The van der Waals surface area contributed by atoms with E-state index < -0.39 is 0 Å². The van der Waals surface area contributed by atoms with E-state index in [2.05, 4.69) is 20.3 Å². The Morgan fingerprint density at radius 2 is 1.83 bits per heavy atom. The van der Waals surface area contributed by atoms with Gasteiger partial charge in [0.1, 0.15) is 12.1 Å². The summed E-state index contributed by atoms with van der Waals surface area (Å²) in [5.41, 5.74) is 2.48. The number of fused-ring (bicyclic) bond motifs is 1. The van der Waals surface area contributed by atoms with Gasteiger partial charge in [0.2, 0.25) is 5.91 Å². The van der Waals surface area contributed by atoms with Gasteiger partial charge in [-0.3, -0.25) is 14.2 Å². The number of rotatable bonds is 6. The van der Waals surface area contributed by atoms with Crippen molar-refractivity contribution in [2.75, 3.05) is 0 Å². The van der Waals surface area contributed by atoms with Crippen molar-refractivity contribution < 1.29 is 9.18 Å². The quantitative estimate of drug-likeness (QED) is 0.535. The SMILES string of the molecule is O=C(CCn1cnc2ccccc2c1=O)NCc1cc(-c2ccc(F)cc2)ncn1. The zero-order valence-electron chi connectivity index (χ0n) is 16.0. The molecule has 7 nitrogen and oxygen atoms in total. The number of halogens is 1. The first-order valence-electron chi connectivity index (χ1n) is 9.38. The van der Waals surface area contributed by atoms with E-state index in [1.807, 2.05) is 6.07 Å². The molecule has 2 aromatic carbocycles. The molecule has 2 aromatic heterocycles. The molecular weight excluding hydrogens is 385 g/mol. The van der Waals surface area contributed by atoms with E-state index in [4.69, 9.17) is 0 Å². The highest BCUT2D eigenvalue weighted by atomic mass is 19.1. The summed E-state index contributed by atoms with van der Waals surface area (Å²) >= 11 is 0. The molecule has 2 heterocycles. The molecule has 1 N–H and O–H groups in total. The third-order valence-electron chi connectivity index (χ3n) is 4.64. The number of amides is 1. The monoisotopic (exact) mass is 403 g/mol. The van der Waals surface area contributed by atoms with Gasteiger partial charge in [-0.2, -0.15) is 0 Å². The van der Waals surface area contributed by atoms with Gasteiger partial charge < -0.3 is 5.32 Å². The molecular formula is C22H18FN5O2. The van der Waals surface area contributed by atoms with Gasteiger partial charge in [-0.15, -0.1) is 0 Å². The van der Waals surface area contributed by atoms with Crippen LogP contribution in [0.15, 0.2) is 72.0 Å². The number of para-hydroxylation sites is 1. The van der Waals surface area contributed by atoms with Gasteiger partial charge in [0.15, 0.2) is 0 Å². The Morgan fingerprint density at radius 1 is 1.03 bits per heavy atom. The summed E-state index contributed by atoms with van der Waals surface area (Å²) in [7, 11) is 0. The summed E-state index contributed by atoms with van der Waals surface area (Å²) in [6.07, 6.45) is 2.99. The van der Waals surface area contributed by atoms with Crippen molar-refractivity contribution >= 4 is 16.8 Å². The molecule has 150 valence electrons. The molecule has 1 amide bonds. The van der Waals surface area contributed by atoms with Crippen LogP contribution >= 0.6 is 0 Å². The number of hydrogen-bond acceptors (Lipinski definition) is 5. The van der Waals surface area contributed by atoms with E-state index in [0.717, 1.165) is 5.56 Å². The van der Waals surface area contributed by atoms with Crippen molar-refractivity contribution in [3.63, 3.8) is 0 Å². The smallest absolute Gasteiger partial charge is 0.261 e. The Hall–Kier alpha value is -3.94. The molecule has 0 atom stereocenters. The zero-order valence-corrected chi connectivity index (χ0v) is 16.0. The van der Waals surface area contributed by atoms with Crippen LogP contribution in [0.25, 0.3) is 22.2 Å². The van der Waals surface area contributed by atoms with E-state index in [1.165, 1.54) is 29.4 Å². The van der Waals surface area contributed by atoms with Crippen molar-refractivity contribution in [1.82, 2.24) is 24.8 Å². The van der Waals surface area contributed by atoms with Gasteiger partial charge in [0, 0.05) is 18.5 Å². The fourth-order valence-electron chi connectivity index (χ4n) is 3.04. The lowest BCUT2D eigenvalue weighted by Gasteiger charge is -2.08. The molecule has 0 saturated carbocycles. The van der Waals surface area contributed by atoms with Gasteiger partial charge in [0.05, 0.1) is 35.2 Å². The van der Waals surface area contributed by atoms with E-state index in [1.54, 1.807) is 36.4 Å². The second-order valence-electron chi connectivity index (χ2n) is 6.69. The van der Waals surface area contributed by atoms with Crippen molar-refractivity contribution in [1.29, 1.82) is 0 Å². The van der Waals surface area contributed by atoms with Crippen molar-refractivity contribution in [2.45, 2.75) is 19.5 Å². The molecule has 0 unspecified atom stereocenters. The van der Waals surface area contributed by atoms with Crippen LogP contribution in [-0.4, -0.2) is 25.4 Å². The maximum Gasteiger partial charge on any atom is 0.261 e. The maximum absolute atomic E-state index is 13.1. The average Bonchev–Trinajstić information content (AvgIpc) is 2.78. The zero-order chi connectivity index (χ0) is 20.9. The Labute approximate surface area is 171 Å². The molecule has 0 spiro atoms. The second kappa shape index (κ2) is 8.60.